The quantitative estimate of drug-likeness (QED) is 0.452. The number of para-hydroxylation sites is 1. The van der Waals surface area contributed by atoms with Gasteiger partial charge in [-0.1, -0.05) is 65.7 Å². The maximum atomic E-state index is 6.38. The number of hydrogen-bond acceptors (Lipinski definition) is 2. The highest BCUT2D eigenvalue weighted by atomic mass is 35.5. The molecule has 3 heteroatoms. The van der Waals surface area contributed by atoms with Gasteiger partial charge in [0.25, 0.3) is 0 Å². The van der Waals surface area contributed by atoms with Crippen LogP contribution in [0.2, 0.25) is 5.02 Å². The van der Waals surface area contributed by atoms with E-state index in [2.05, 4.69) is 48.6 Å². The van der Waals surface area contributed by atoms with Crippen LogP contribution in [0.5, 0.6) is 0 Å². The Balaban J connectivity index is 1.87. The van der Waals surface area contributed by atoms with E-state index in [9.17, 15) is 0 Å². The van der Waals surface area contributed by atoms with E-state index in [0.717, 1.165) is 33.5 Å². The maximum Gasteiger partial charge on any atom is 0.0745 e. The van der Waals surface area contributed by atoms with Crippen molar-refractivity contribution in [2.75, 3.05) is 5.32 Å². The van der Waals surface area contributed by atoms with E-state index in [1.54, 1.807) is 0 Å². The Kier molecular flexibility index (Phi) is 4.12. The van der Waals surface area contributed by atoms with Crippen LogP contribution in [0.3, 0.4) is 0 Å². The third-order valence-electron chi connectivity index (χ3n) is 4.20. The lowest BCUT2D eigenvalue weighted by Gasteiger charge is -2.13. The van der Waals surface area contributed by atoms with Crippen LogP contribution in [0, 0.1) is 6.92 Å². The van der Waals surface area contributed by atoms with Gasteiger partial charge in [-0.3, -0.25) is 0 Å². The van der Waals surface area contributed by atoms with Crippen molar-refractivity contribution >= 4 is 33.9 Å². The molecule has 0 saturated carbocycles. The minimum Gasteiger partial charge on any atom is -0.355 e. The van der Waals surface area contributed by atoms with Crippen molar-refractivity contribution in [2.24, 2.45) is 0 Å². The van der Waals surface area contributed by atoms with Crippen LogP contribution in [0.15, 0.2) is 78.9 Å². The van der Waals surface area contributed by atoms with E-state index < -0.39 is 0 Å². The molecular formula is C22H17ClN2. The summed E-state index contributed by atoms with van der Waals surface area (Å²) in [6, 6.07) is 26.3. The molecule has 0 unspecified atom stereocenters. The lowest BCUT2D eigenvalue weighted by molar-refractivity contribution is 1.39. The van der Waals surface area contributed by atoms with Gasteiger partial charge in [0.1, 0.15) is 0 Å². The molecule has 1 aromatic heterocycles. The SMILES string of the molecule is Cc1ccc(Nc2cc(-c3ccccc3Cl)nc3ccccc23)cc1. The Morgan fingerprint density at radius 2 is 1.56 bits per heavy atom. The highest BCUT2D eigenvalue weighted by molar-refractivity contribution is 6.33. The number of pyridine rings is 1. The fourth-order valence-electron chi connectivity index (χ4n) is 2.88. The summed E-state index contributed by atoms with van der Waals surface area (Å²) in [5, 5.41) is 5.30. The number of rotatable bonds is 3. The molecule has 4 aromatic rings. The largest absolute Gasteiger partial charge is 0.355 e. The monoisotopic (exact) mass is 344 g/mol. The van der Waals surface area contributed by atoms with Gasteiger partial charge in [0, 0.05) is 21.7 Å². The first-order valence-electron chi connectivity index (χ1n) is 8.19. The summed E-state index contributed by atoms with van der Waals surface area (Å²) in [5.74, 6) is 0. The molecule has 0 amide bonds. The lowest BCUT2D eigenvalue weighted by Crippen LogP contribution is -1.95. The summed E-state index contributed by atoms with van der Waals surface area (Å²) in [6.07, 6.45) is 0. The van der Waals surface area contributed by atoms with Gasteiger partial charge in [-0.05, 0) is 37.3 Å². The Hall–Kier alpha value is -2.84. The Morgan fingerprint density at radius 3 is 2.36 bits per heavy atom. The molecule has 1 N–H and O–H groups in total. The molecule has 0 radical (unpaired) electrons. The van der Waals surface area contributed by atoms with Gasteiger partial charge in [-0.2, -0.15) is 0 Å². The van der Waals surface area contributed by atoms with E-state index in [1.807, 2.05) is 42.5 Å². The first kappa shape index (κ1) is 15.7. The summed E-state index contributed by atoms with van der Waals surface area (Å²) in [5.41, 5.74) is 6.04. The molecule has 122 valence electrons. The molecule has 3 aromatic carbocycles. The first-order chi connectivity index (χ1) is 12.2. The van der Waals surface area contributed by atoms with E-state index in [1.165, 1.54) is 5.56 Å². The minimum absolute atomic E-state index is 0.701. The van der Waals surface area contributed by atoms with Gasteiger partial charge in [0.2, 0.25) is 0 Å². The molecule has 25 heavy (non-hydrogen) atoms. The summed E-state index contributed by atoms with van der Waals surface area (Å²) >= 11 is 6.38. The number of nitrogens with zero attached hydrogens (tertiary/aromatic N) is 1. The van der Waals surface area contributed by atoms with Gasteiger partial charge in [0.05, 0.1) is 16.9 Å². The summed E-state index contributed by atoms with van der Waals surface area (Å²) in [4.78, 5) is 4.80. The number of hydrogen-bond donors (Lipinski definition) is 1. The van der Waals surface area contributed by atoms with Crippen molar-refractivity contribution in [3.05, 3.63) is 89.4 Å². The highest BCUT2D eigenvalue weighted by Gasteiger charge is 2.10. The number of benzene rings is 3. The van der Waals surface area contributed by atoms with Gasteiger partial charge in [-0.15, -0.1) is 0 Å². The second-order valence-corrected chi connectivity index (χ2v) is 6.45. The molecule has 0 aliphatic carbocycles. The number of halogens is 1. The van der Waals surface area contributed by atoms with Crippen molar-refractivity contribution in [3.63, 3.8) is 0 Å². The van der Waals surface area contributed by atoms with Crippen molar-refractivity contribution < 1.29 is 0 Å². The zero-order valence-corrected chi connectivity index (χ0v) is 14.6. The molecule has 4 rings (SSSR count). The molecule has 0 spiro atoms. The molecule has 1 heterocycles. The van der Waals surface area contributed by atoms with Crippen molar-refractivity contribution in [2.45, 2.75) is 6.92 Å². The average Bonchev–Trinajstić information content (AvgIpc) is 2.64. The predicted molar refractivity (Wildman–Crippen MR) is 107 cm³/mol. The van der Waals surface area contributed by atoms with Crippen molar-refractivity contribution in [1.29, 1.82) is 0 Å². The summed E-state index contributed by atoms with van der Waals surface area (Å²) < 4.78 is 0. The van der Waals surface area contributed by atoms with Crippen LogP contribution in [0.4, 0.5) is 11.4 Å². The van der Waals surface area contributed by atoms with Crippen molar-refractivity contribution in [1.82, 2.24) is 4.98 Å². The van der Waals surface area contributed by atoms with E-state index in [0.29, 0.717) is 5.02 Å². The minimum atomic E-state index is 0.701. The van der Waals surface area contributed by atoms with Crippen molar-refractivity contribution in [3.8, 4) is 11.3 Å². The fourth-order valence-corrected chi connectivity index (χ4v) is 3.11. The van der Waals surface area contributed by atoms with Gasteiger partial charge in [0.15, 0.2) is 0 Å². The first-order valence-corrected chi connectivity index (χ1v) is 8.57. The molecular weight excluding hydrogens is 328 g/mol. The summed E-state index contributed by atoms with van der Waals surface area (Å²) in [7, 11) is 0. The molecule has 0 aliphatic heterocycles. The molecule has 0 atom stereocenters. The number of aromatic nitrogens is 1. The number of anilines is 2. The smallest absolute Gasteiger partial charge is 0.0745 e. The third-order valence-corrected chi connectivity index (χ3v) is 4.53. The Labute approximate surface area is 152 Å². The third kappa shape index (κ3) is 3.21. The van der Waals surface area contributed by atoms with Gasteiger partial charge in [-0.25, -0.2) is 4.98 Å². The zero-order valence-electron chi connectivity index (χ0n) is 13.8. The van der Waals surface area contributed by atoms with E-state index >= 15 is 0 Å². The second-order valence-electron chi connectivity index (χ2n) is 6.04. The van der Waals surface area contributed by atoms with Crippen LogP contribution < -0.4 is 5.32 Å². The Morgan fingerprint density at radius 1 is 0.840 bits per heavy atom. The summed E-state index contributed by atoms with van der Waals surface area (Å²) in [6.45, 7) is 2.08. The van der Waals surface area contributed by atoms with Crippen LogP contribution in [-0.2, 0) is 0 Å². The van der Waals surface area contributed by atoms with Gasteiger partial charge < -0.3 is 5.32 Å². The second kappa shape index (κ2) is 6.58. The normalized spacial score (nSPS) is 10.8. The Bertz CT molecular complexity index is 1040. The average molecular weight is 345 g/mol. The van der Waals surface area contributed by atoms with Crippen LogP contribution in [0.25, 0.3) is 22.2 Å². The molecule has 2 nitrogen and oxygen atoms in total. The number of aryl methyl sites for hydroxylation is 1. The van der Waals surface area contributed by atoms with Crippen LogP contribution in [-0.4, -0.2) is 4.98 Å². The van der Waals surface area contributed by atoms with E-state index in [4.69, 9.17) is 16.6 Å². The number of nitrogens with one attached hydrogen (secondary N) is 1. The molecule has 0 bridgehead atoms. The van der Waals surface area contributed by atoms with E-state index in [-0.39, 0.29) is 0 Å². The fraction of sp³-hybridized carbons (Fsp3) is 0.0455. The predicted octanol–water partition coefficient (Wildman–Crippen LogP) is 6.61. The van der Waals surface area contributed by atoms with Crippen LogP contribution >= 0.6 is 11.6 Å². The lowest BCUT2D eigenvalue weighted by atomic mass is 10.1. The highest BCUT2D eigenvalue weighted by Crippen LogP contribution is 2.33. The maximum absolute atomic E-state index is 6.38. The zero-order chi connectivity index (χ0) is 17.2. The molecule has 0 saturated heterocycles. The molecule has 0 aliphatic rings. The molecule has 0 fully saturated rings. The number of fused-ring (bicyclic) bond motifs is 1. The van der Waals surface area contributed by atoms with Crippen LogP contribution in [0.1, 0.15) is 5.56 Å². The van der Waals surface area contributed by atoms with Gasteiger partial charge >= 0.3 is 0 Å². The standard InChI is InChI=1S/C22H17ClN2/c1-15-10-12-16(13-11-15)24-22-14-21(17-6-2-4-8-19(17)23)25-20-9-5-3-7-18(20)22/h2-14H,1H3,(H,24,25). The topological polar surface area (TPSA) is 24.9 Å².